The van der Waals surface area contributed by atoms with Crippen molar-refractivity contribution in [2.24, 2.45) is 5.73 Å². The molecule has 0 unspecified atom stereocenters. The van der Waals surface area contributed by atoms with E-state index < -0.39 is 0 Å². The smallest absolute Gasteiger partial charge is 0.0843 e. The Kier molecular flexibility index (Phi) is 3.36. The Hall–Kier alpha value is -0.900. The standard InChI is InChI=1S/C11H11ClN2S/c12-9-3-1-8(2-4-9)11-10(5-6-13)15-7-14-11/h1-4,7H,5-6,13H2. The van der Waals surface area contributed by atoms with E-state index in [2.05, 4.69) is 4.98 Å². The van der Waals surface area contributed by atoms with Crippen LogP contribution in [0.5, 0.6) is 0 Å². The van der Waals surface area contributed by atoms with Crippen molar-refractivity contribution in [1.29, 1.82) is 0 Å². The number of aromatic nitrogens is 1. The molecule has 2 nitrogen and oxygen atoms in total. The normalized spacial score (nSPS) is 10.5. The predicted molar refractivity (Wildman–Crippen MR) is 65.3 cm³/mol. The van der Waals surface area contributed by atoms with Crippen LogP contribution in [0.25, 0.3) is 11.3 Å². The second-order valence-electron chi connectivity index (χ2n) is 3.17. The van der Waals surface area contributed by atoms with Crippen LogP contribution >= 0.6 is 22.9 Å². The molecule has 0 saturated carbocycles. The molecule has 0 fully saturated rings. The van der Waals surface area contributed by atoms with Crippen LogP contribution in [0.15, 0.2) is 29.8 Å². The minimum atomic E-state index is 0.656. The SMILES string of the molecule is NCCc1scnc1-c1ccc(Cl)cc1. The Labute approximate surface area is 97.7 Å². The van der Waals surface area contributed by atoms with Gasteiger partial charge in [0.05, 0.1) is 11.2 Å². The van der Waals surface area contributed by atoms with E-state index in [0.717, 1.165) is 22.7 Å². The first-order valence-corrected chi connectivity index (χ1v) is 5.95. The molecule has 0 spiro atoms. The van der Waals surface area contributed by atoms with Gasteiger partial charge in [-0.05, 0) is 25.1 Å². The van der Waals surface area contributed by atoms with Crippen LogP contribution in [-0.4, -0.2) is 11.5 Å². The average molecular weight is 239 g/mol. The predicted octanol–water partition coefficient (Wildman–Crippen LogP) is 2.96. The largest absolute Gasteiger partial charge is 0.330 e. The number of hydrogen-bond donors (Lipinski definition) is 1. The van der Waals surface area contributed by atoms with Crippen LogP contribution in [0.2, 0.25) is 5.02 Å². The van der Waals surface area contributed by atoms with Crippen molar-refractivity contribution in [2.45, 2.75) is 6.42 Å². The number of nitrogens with two attached hydrogens (primary N) is 1. The van der Waals surface area contributed by atoms with E-state index in [1.807, 2.05) is 29.8 Å². The summed E-state index contributed by atoms with van der Waals surface area (Å²) >= 11 is 7.49. The molecular formula is C11H11ClN2S. The van der Waals surface area contributed by atoms with Gasteiger partial charge >= 0.3 is 0 Å². The molecule has 15 heavy (non-hydrogen) atoms. The van der Waals surface area contributed by atoms with Crippen LogP contribution in [0.1, 0.15) is 4.88 Å². The molecule has 1 aromatic carbocycles. The molecule has 0 aliphatic heterocycles. The Morgan fingerprint density at radius 2 is 2.00 bits per heavy atom. The molecule has 0 radical (unpaired) electrons. The van der Waals surface area contributed by atoms with Crippen LogP contribution < -0.4 is 5.73 Å². The number of nitrogens with zero attached hydrogens (tertiary/aromatic N) is 1. The van der Waals surface area contributed by atoms with Crippen molar-refractivity contribution < 1.29 is 0 Å². The fourth-order valence-corrected chi connectivity index (χ4v) is 2.35. The van der Waals surface area contributed by atoms with Gasteiger partial charge in [-0.3, -0.25) is 0 Å². The van der Waals surface area contributed by atoms with Crippen LogP contribution in [0.4, 0.5) is 0 Å². The van der Waals surface area contributed by atoms with Gasteiger partial charge in [0, 0.05) is 15.5 Å². The van der Waals surface area contributed by atoms with Crippen LogP contribution in [0, 0.1) is 0 Å². The molecule has 0 aliphatic rings. The van der Waals surface area contributed by atoms with Crippen LogP contribution in [0.3, 0.4) is 0 Å². The lowest BCUT2D eigenvalue weighted by molar-refractivity contribution is 0.986. The molecule has 2 aromatic rings. The molecule has 0 amide bonds. The number of rotatable bonds is 3. The lowest BCUT2D eigenvalue weighted by Crippen LogP contribution is -2.02. The van der Waals surface area contributed by atoms with E-state index >= 15 is 0 Å². The third kappa shape index (κ3) is 2.37. The zero-order valence-corrected chi connectivity index (χ0v) is 9.68. The third-order valence-electron chi connectivity index (χ3n) is 2.13. The number of halogens is 1. The Balaban J connectivity index is 2.36. The van der Waals surface area contributed by atoms with E-state index in [1.165, 1.54) is 4.88 Å². The van der Waals surface area contributed by atoms with Crippen molar-refractivity contribution in [2.75, 3.05) is 6.54 Å². The fraction of sp³-hybridized carbons (Fsp3) is 0.182. The van der Waals surface area contributed by atoms with Gasteiger partial charge in [-0.2, -0.15) is 0 Å². The maximum Gasteiger partial charge on any atom is 0.0843 e. The zero-order chi connectivity index (χ0) is 10.7. The van der Waals surface area contributed by atoms with E-state index in [4.69, 9.17) is 17.3 Å². The Morgan fingerprint density at radius 1 is 1.27 bits per heavy atom. The Bertz CT molecular complexity index is 436. The van der Waals surface area contributed by atoms with E-state index in [9.17, 15) is 0 Å². The lowest BCUT2D eigenvalue weighted by atomic mass is 10.1. The topological polar surface area (TPSA) is 38.9 Å². The molecule has 4 heteroatoms. The van der Waals surface area contributed by atoms with E-state index in [0.29, 0.717) is 6.54 Å². The van der Waals surface area contributed by atoms with E-state index in [1.54, 1.807) is 11.3 Å². The van der Waals surface area contributed by atoms with Crippen molar-refractivity contribution in [3.63, 3.8) is 0 Å². The van der Waals surface area contributed by atoms with Crippen molar-refractivity contribution in [1.82, 2.24) is 4.98 Å². The van der Waals surface area contributed by atoms with Gasteiger partial charge in [0.2, 0.25) is 0 Å². The highest BCUT2D eigenvalue weighted by molar-refractivity contribution is 7.10. The summed E-state index contributed by atoms with van der Waals surface area (Å²) in [5.74, 6) is 0. The second-order valence-corrected chi connectivity index (χ2v) is 4.55. The average Bonchev–Trinajstić information content (AvgIpc) is 2.68. The molecule has 0 saturated heterocycles. The molecule has 1 aromatic heterocycles. The maximum atomic E-state index is 5.84. The first-order chi connectivity index (χ1) is 7.31. The summed E-state index contributed by atoms with van der Waals surface area (Å²) in [5, 5.41) is 0.745. The van der Waals surface area contributed by atoms with Crippen molar-refractivity contribution >= 4 is 22.9 Å². The van der Waals surface area contributed by atoms with Gasteiger partial charge in [-0.1, -0.05) is 23.7 Å². The van der Waals surface area contributed by atoms with Crippen LogP contribution in [-0.2, 0) is 6.42 Å². The first-order valence-electron chi connectivity index (χ1n) is 4.69. The number of hydrogen-bond acceptors (Lipinski definition) is 3. The highest BCUT2D eigenvalue weighted by atomic mass is 35.5. The monoisotopic (exact) mass is 238 g/mol. The van der Waals surface area contributed by atoms with Gasteiger partial charge in [-0.15, -0.1) is 11.3 Å². The highest BCUT2D eigenvalue weighted by Crippen LogP contribution is 2.26. The summed E-state index contributed by atoms with van der Waals surface area (Å²) in [7, 11) is 0. The Morgan fingerprint density at radius 3 is 2.67 bits per heavy atom. The maximum absolute atomic E-state index is 5.84. The summed E-state index contributed by atoms with van der Waals surface area (Å²) in [5.41, 5.74) is 9.54. The third-order valence-corrected chi connectivity index (χ3v) is 3.27. The molecule has 0 bridgehead atoms. The molecular weight excluding hydrogens is 228 g/mol. The lowest BCUT2D eigenvalue weighted by Gasteiger charge is -2.01. The zero-order valence-electron chi connectivity index (χ0n) is 8.11. The molecule has 2 rings (SSSR count). The summed E-state index contributed by atoms with van der Waals surface area (Å²) in [4.78, 5) is 5.59. The summed E-state index contributed by atoms with van der Waals surface area (Å²) in [6, 6.07) is 7.72. The molecule has 1 heterocycles. The minimum Gasteiger partial charge on any atom is -0.330 e. The van der Waals surface area contributed by atoms with Gasteiger partial charge in [0.25, 0.3) is 0 Å². The van der Waals surface area contributed by atoms with Gasteiger partial charge in [-0.25, -0.2) is 4.98 Å². The van der Waals surface area contributed by atoms with Crippen molar-refractivity contribution in [3.8, 4) is 11.3 Å². The molecule has 2 N–H and O–H groups in total. The quantitative estimate of drug-likeness (QED) is 0.893. The highest BCUT2D eigenvalue weighted by Gasteiger charge is 2.07. The first kappa shape index (κ1) is 10.6. The fourth-order valence-electron chi connectivity index (χ4n) is 1.42. The summed E-state index contributed by atoms with van der Waals surface area (Å²) in [6.45, 7) is 0.656. The summed E-state index contributed by atoms with van der Waals surface area (Å²) < 4.78 is 0. The number of thiazole rings is 1. The molecule has 0 aliphatic carbocycles. The minimum absolute atomic E-state index is 0.656. The number of benzene rings is 1. The second kappa shape index (κ2) is 4.75. The van der Waals surface area contributed by atoms with Crippen molar-refractivity contribution in [3.05, 3.63) is 39.7 Å². The van der Waals surface area contributed by atoms with Gasteiger partial charge < -0.3 is 5.73 Å². The van der Waals surface area contributed by atoms with Gasteiger partial charge in [0.15, 0.2) is 0 Å². The van der Waals surface area contributed by atoms with E-state index in [-0.39, 0.29) is 0 Å². The molecule has 78 valence electrons. The summed E-state index contributed by atoms with van der Waals surface area (Å²) in [6.07, 6.45) is 0.878. The molecule has 0 atom stereocenters. The van der Waals surface area contributed by atoms with Gasteiger partial charge in [0.1, 0.15) is 0 Å².